The number of nitrogen functional groups attached to an aromatic ring is 1. The Morgan fingerprint density at radius 3 is 2.67 bits per heavy atom. The van der Waals surface area contributed by atoms with Crippen molar-refractivity contribution >= 4 is 34.9 Å². The Bertz CT molecular complexity index is 674. The number of benzene rings is 2. The number of hydrogen-bond donors (Lipinski definition) is 1. The number of carbonyl (C=O) groups excluding carboxylic acids is 1. The van der Waals surface area contributed by atoms with E-state index in [2.05, 4.69) is 0 Å². The predicted octanol–water partition coefficient (Wildman–Crippen LogP) is 4.54. The summed E-state index contributed by atoms with van der Waals surface area (Å²) in [6.07, 6.45) is 0. The average molecular weight is 326 g/mol. The second kappa shape index (κ2) is 6.70. The zero-order chi connectivity index (χ0) is 15.4. The van der Waals surface area contributed by atoms with Crippen molar-refractivity contribution in [2.75, 3.05) is 12.3 Å². The van der Waals surface area contributed by atoms with Crippen molar-refractivity contribution in [1.29, 1.82) is 0 Å². The highest BCUT2D eigenvalue weighted by Gasteiger charge is 2.16. The first-order valence-corrected chi connectivity index (χ1v) is 6.97. The Labute approximate surface area is 132 Å². The van der Waals surface area contributed by atoms with Crippen LogP contribution in [0.3, 0.4) is 0 Å². The fourth-order valence-electron chi connectivity index (χ4n) is 1.69. The minimum Gasteiger partial charge on any atom is -0.462 e. The van der Waals surface area contributed by atoms with E-state index in [-0.39, 0.29) is 17.2 Å². The summed E-state index contributed by atoms with van der Waals surface area (Å²) in [5.41, 5.74) is 6.36. The molecular formula is C15H13Cl2NO3. The van der Waals surface area contributed by atoms with E-state index in [1.165, 1.54) is 6.07 Å². The number of rotatable bonds is 4. The Kier molecular flexibility index (Phi) is 4.94. The molecule has 0 heterocycles. The monoisotopic (exact) mass is 325 g/mol. The molecule has 0 aliphatic carbocycles. The lowest BCUT2D eigenvalue weighted by molar-refractivity contribution is 0.0523. The summed E-state index contributed by atoms with van der Waals surface area (Å²) in [6, 6.07) is 9.69. The van der Waals surface area contributed by atoms with E-state index < -0.39 is 5.97 Å². The van der Waals surface area contributed by atoms with Crippen LogP contribution in [0.1, 0.15) is 17.3 Å². The van der Waals surface area contributed by atoms with Crippen LogP contribution in [-0.4, -0.2) is 12.6 Å². The third kappa shape index (κ3) is 3.60. The molecule has 0 bridgehead atoms. The van der Waals surface area contributed by atoms with Crippen LogP contribution in [-0.2, 0) is 4.74 Å². The predicted molar refractivity (Wildman–Crippen MR) is 83.3 cm³/mol. The summed E-state index contributed by atoms with van der Waals surface area (Å²) in [6.45, 7) is 1.98. The van der Waals surface area contributed by atoms with Crippen molar-refractivity contribution in [3.05, 3.63) is 52.0 Å². The lowest BCUT2D eigenvalue weighted by Gasteiger charge is -2.12. The van der Waals surface area contributed by atoms with E-state index in [0.29, 0.717) is 22.2 Å². The van der Waals surface area contributed by atoms with Crippen LogP contribution in [0.2, 0.25) is 10.0 Å². The van der Waals surface area contributed by atoms with Gasteiger partial charge in [0.2, 0.25) is 0 Å². The molecule has 0 aliphatic rings. The smallest absolute Gasteiger partial charge is 0.342 e. The van der Waals surface area contributed by atoms with Crippen LogP contribution in [0.15, 0.2) is 36.4 Å². The van der Waals surface area contributed by atoms with Gasteiger partial charge in [0.15, 0.2) is 0 Å². The molecule has 0 amide bonds. The number of ether oxygens (including phenoxy) is 2. The first-order valence-electron chi connectivity index (χ1n) is 6.21. The summed E-state index contributed by atoms with van der Waals surface area (Å²) in [4.78, 5) is 11.9. The second-order valence-corrected chi connectivity index (χ2v) is 4.92. The van der Waals surface area contributed by atoms with Crippen molar-refractivity contribution in [1.82, 2.24) is 0 Å². The Morgan fingerprint density at radius 1 is 1.19 bits per heavy atom. The maximum absolute atomic E-state index is 11.9. The van der Waals surface area contributed by atoms with Gasteiger partial charge >= 0.3 is 5.97 Å². The number of esters is 1. The van der Waals surface area contributed by atoms with Crippen molar-refractivity contribution in [2.24, 2.45) is 0 Å². The SMILES string of the molecule is CCOC(=O)c1cc(N)ccc1Oc1cccc(Cl)c1Cl. The highest BCUT2D eigenvalue weighted by Crippen LogP contribution is 2.36. The van der Waals surface area contributed by atoms with E-state index >= 15 is 0 Å². The largest absolute Gasteiger partial charge is 0.462 e. The van der Waals surface area contributed by atoms with Gasteiger partial charge in [-0.25, -0.2) is 4.79 Å². The third-order valence-corrected chi connectivity index (χ3v) is 3.44. The van der Waals surface area contributed by atoms with Crippen molar-refractivity contribution in [3.63, 3.8) is 0 Å². The highest BCUT2D eigenvalue weighted by molar-refractivity contribution is 6.42. The van der Waals surface area contributed by atoms with Gasteiger partial charge < -0.3 is 15.2 Å². The minimum absolute atomic E-state index is 0.230. The Balaban J connectivity index is 2.40. The average Bonchev–Trinajstić information content (AvgIpc) is 2.46. The van der Waals surface area contributed by atoms with Crippen molar-refractivity contribution < 1.29 is 14.3 Å². The van der Waals surface area contributed by atoms with Crippen LogP contribution in [0.5, 0.6) is 11.5 Å². The van der Waals surface area contributed by atoms with Crippen molar-refractivity contribution in [3.8, 4) is 11.5 Å². The first-order chi connectivity index (χ1) is 10.0. The van der Waals surface area contributed by atoms with Gasteiger partial charge in [-0.1, -0.05) is 29.3 Å². The maximum atomic E-state index is 11.9. The molecule has 0 radical (unpaired) electrons. The molecule has 2 rings (SSSR count). The summed E-state index contributed by atoms with van der Waals surface area (Å²) < 4.78 is 10.7. The third-order valence-electron chi connectivity index (χ3n) is 2.64. The lowest BCUT2D eigenvalue weighted by Crippen LogP contribution is -2.07. The quantitative estimate of drug-likeness (QED) is 0.662. The fourth-order valence-corrected chi connectivity index (χ4v) is 2.02. The molecule has 0 atom stereocenters. The number of hydrogen-bond acceptors (Lipinski definition) is 4. The summed E-state index contributed by atoms with van der Waals surface area (Å²) in [7, 11) is 0. The van der Waals surface area contributed by atoms with Gasteiger partial charge in [0.05, 0.1) is 11.6 Å². The molecular weight excluding hydrogens is 313 g/mol. The molecule has 2 N–H and O–H groups in total. The van der Waals surface area contributed by atoms with Gasteiger partial charge in [0, 0.05) is 5.69 Å². The van der Waals surface area contributed by atoms with E-state index in [9.17, 15) is 4.79 Å². The Hall–Kier alpha value is -1.91. The molecule has 110 valence electrons. The normalized spacial score (nSPS) is 10.2. The lowest BCUT2D eigenvalue weighted by atomic mass is 10.2. The second-order valence-electron chi connectivity index (χ2n) is 4.13. The molecule has 21 heavy (non-hydrogen) atoms. The van der Waals surface area contributed by atoms with Crippen LogP contribution in [0, 0.1) is 0 Å². The molecule has 0 spiro atoms. The molecule has 0 fully saturated rings. The number of halogens is 2. The van der Waals surface area contributed by atoms with Gasteiger partial charge in [-0.05, 0) is 37.3 Å². The summed E-state index contributed by atoms with van der Waals surface area (Å²) in [5.74, 6) is 0.129. The van der Waals surface area contributed by atoms with Gasteiger partial charge in [0.1, 0.15) is 22.1 Å². The molecule has 0 aliphatic heterocycles. The maximum Gasteiger partial charge on any atom is 0.342 e. The van der Waals surface area contributed by atoms with E-state index in [1.807, 2.05) is 0 Å². The van der Waals surface area contributed by atoms with E-state index in [4.69, 9.17) is 38.4 Å². The molecule has 4 nitrogen and oxygen atoms in total. The molecule has 0 saturated heterocycles. The molecule has 2 aromatic carbocycles. The molecule has 0 saturated carbocycles. The van der Waals surface area contributed by atoms with Gasteiger partial charge in [-0.3, -0.25) is 0 Å². The summed E-state index contributed by atoms with van der Waals surface area (Å²) in [5, 5.41) is 0.632. The minimum atomic E-state index is -0.516. The van der Waals surface area contributed by atoms with E-state index in [0.717, 1.165) is 0 Å². The van der Waals surface area contributed by atoms with Crippen LogP contribution < -0.4 is 10.5 Å². The molecule has 0 aromatic heterocycles. The standard InChI is InChI=1S/C15H13Cl2NO3/c1-2-20-15(19)10-8-9(18)6-7-12(10)21-13-5-3-4-11(16)14(13)17/h3-8H,2,18H2,1H3. The van der Waals surface area contributed by atoms with Gasteiger partial charge in [0.25, 0.3) is 0 Å². The van der Waals surface area contributed by atoms with E-state index in [1.54, 1.807) is 37.3 Å². The first kappa shape index (κ1) is 15.5. The Morgan fingerprint density at radius 2 is 1.95 bits per heavy atom. The molecule has 0 unspecified atom stereocenters. The van der Waals surface area contributed by atoms with Gasteiger partial charge in [-0.2, -0.15) is 0 Å². The fraction of sp³-hybridized carbons (Fsp3) is 0.133. The number of nitrogens with two attached hydrogens (primary N) is 1. The van der Waals surface area contributed by atoms with Crippen molar-refractivity contribution in [2.45, 2.75) is 6.92 Å². The van der Waals surface area contributed by atoms with Crippen LogP contribution in [0.4, 0.5) is 5.69 Å². The number of carbonyl (C=O) groups is 1. The zero-order valence-electron chi connectivity index (χ0n) is 11.2. The van der Waals surface area contributed by atoms with Gasteiger partial charge in [-0.15, -0.1) is 0 Å². The van der Waals surface area contributed by atoms with Crippen LogP contribution >= 0.6 is 23.2 Å². The molecule has 2 aromatic rings. The number of anilines is 1. The summed E-state index contributed by atoms with van der Waals surface area (Å²) >= 11 is 12.0. The topological polar surface area (TPSA) is 61.5 Å². The highest BCUT2D eigenvalue weighted by atomic mass is 35.5. The molecule has 6 heteroatoms. The zero-order valence-corrected chi connectivity index (χ0v) is 12.7. The van der Waals surface area contributed by atoms with Crippen LogP contribution in [0.25, 0.3) is 0 Å².